The Hall–Kier alpha value is -2.42. The maximum atomic E-state index is 4.93. The summed E-state index contributed by atoms with van der Waals surface area (Å²) in [5, 5.41) is 16.4. The van der Waals surface area contributed by atoms with Crippen LogP contribution in [0.25, 0.3) is 0 Å². The molecule has 158 valence electrons. The van der Waals surface area contributed by atoms with Crippen molar-refractivity contribution in [1.82, 2.24) is 35.0 Å². The van der Waals surface area contributed by atoms with Crippen LogP contribution in [0.3, 0.4) is 0 Å². The minimum atomic E-state index is 0.846. The number of aromatic nitrogens is 4. The second kappa shape index (κ2) is 9.87. The largest absolute Gasteiger partial charge is 0.364 e. The molecule has 1 saturated heterocycles. The molecule has 0 spiro atoms. The van der Waals surface area contributed by atoms with Gasteiger partial charge in [0.25, 0.3) is 0 Å². The molecular formula is C20H32N8O. The minimum absolute atomic E-state index is 0.846. The van der Waals surface area contributed by atoms with Crippen LogP contribution in [0.2, 0.25) is 0 Å². The predicted molar refractivity (Wildman–Crippen MR) is 111 cm³/mol. The van der Waals surface area contributed by atoms with E-state index >= 15 is 0 Å². The molecule has 0 atom stereocenters. The van der Waals surface area contributed by atoms with Crippen LogP contribution in [0.5, 0.6) is 0 Å². The van der Waals surface area contributed by atoms with E-state index in [0.29, 0.717) is 0 Å². The SMILES string of the molecule is CN=C(NCCCc1nnc2n1CCCCC2)N1CCN(Cc2ccon2)CC1. The first-order chi connectivity index (χ1) is 14.3. The Labute approximate surface area is 172 Å². The molecule has 2 aromatic heterocycles. The van der Waals surface area contributed by atoms with Crippen LogP contribution in [-0.2, 0) is 25.9 Å². The summed E-state index contributed by atoms with van der Waals surface area (Å²) in [6.45, 7) is 6.75. The van der Waals surface area contributed by atoms with Gasteiger partial charge in [-0.3, -0.25) is 9.89 Å². The number of guanidine groups is 1. The van der Waals surface area contributed by atoms with Gasteiger partial charge in [-0.25, -0.2) is 0 Å². The molecule has 0 aromatic carbocycles. The molecule has 0 amide bonds. The van der Waals surface area contributed by atoms with Crippen LogP contribution >= 0.6 is 0 Å². The summed E-state index contributed by atoms with van der Waals surface area (Å²) in [5.74, 6) is 3.30. The molecule has 2 aliphatic heterocycles. The number of hydrogen-bond acceptors (Lipinski definition) is 6. The standard InChI is InChI=1S/C20H32N8O/c1-21-20(27-13-11-26(12-14-27)16-17-8-15-29-25-17)22-9-5-7-19-24-23-18-6-3-2-4-10-28(18)19/h8,15H,2-7,9-14,16H2,1H3,(H,21,22). The average Bonchev–Trinajstić information content (AvgIpc) is 3.33. The van der Waals surface area contributed by atoms with Gasteiger partial charge in [-0.2, -0.15) is 0 Å². The molecule has 4 heterocycles. The van der Waals surface area contributed by atoms with Crippen molar-refractivity contribution in [1.29, 1.82) is 0 Å². The molecule has 9 heteroatoms. The summed E-state index contributed by atoms with van der Waals surface area (Å²) in [6, 6.07) is 1.93. The van der Waals surface area contributed by atoms with E-state index in [4.69, 9.17) is 4.52 Å². The lowest BCUT2D eigenvalue weighted by atomic mass is 10.2. The molecule has 0 unspecified atom stereocenters. The molecule has 1 N–H and O–H groups in total. The third-order valence-corrected chi connectivity index (χ3v) is 5.81. The summed E-state index contributed by atoms with van der Waals surface area (Å²) in [6.07, 6.45) is 8.47. The lowest BCUT2D eigenvalue weighted by molar-refractivity contribution is 0.169. The van der Waals surface area contributed by atoms with Crippen molar-refractivity contribution in [3.63, 3.8) is 0 Å². The number of rotatable bonds is 6. The summed E-state index contributed by atoms with van der Waals surface area (Å²) >= 11 is 0. The van der Waals surface area contributed by atoms with Crippen LogP contribution in [0.15, 0.2) is 21.8 Å². The third-order valence-electron chi connectivity index (χ3n) is 5.81. The first kappa shape index (κ1) is 19.9. The fourth-order valence-electron chi connectivity index (χ4n) is 4.18. The Balaban J connectivity index is 1.19. The maximum Gasteiger partial charge on any atom is 0.193 e. The zero-order chi connectivity index (χ0) is 19.9. The molecule has 1 fully saturated rings. The van der Waals surface area contributed by atoms with E-state index in [1.807, 2.05) is 13.1 Å². The molecule has 2 aliphatic rings. The third kappa shape index (κ3) is 5.14. The quantitative estimate of drug-likeness (QED) is 0.444. The van der Waals surface area contributed by atoms with Crippen molar-refractivity contribution in [3.8, 4) is 0 Å². The van der Waals surface area contributed by atoms with Crippen molar-refractivity contribution in [2.24, 2.45) is 4.99 Å². The fourth-order valence-corrected chi connectivity index (χ4v) is 4.18. The van der Waals surface area contributed by atoms with E-state index in [1.165, 1.54) is 25.1 Å². The molecule has 4 rings (SSSR count). The van der Waals surface area contributed by atoms with Crippen molar-refractivity contribution in [3.05, 3.63) is 29.7 Å². The highest BCUT2D eigenvalue weighted by molar-refractivity contribution is 5.79. The zero-order valence-corrected chi connectivity index (χ0v) is 17.4. The van der Waals surface area contributed by atoms with Crippen molar-refractivity contribution in [2.45, 2.75) is 51.6 Å². The number of hydrogen-bond donors (Lipinski definition) is 1. The molecule has 29 heavy (non-hydrogen) atoms. The second-order valence-corrected chi connectivity index (χ2v) is 7.83. The van der Waals surface area contributed by atoms with Gasteiger partial charge in [0.05, 0.1) is 5.69 Å². The normalized spacial score (nSPS) is 18.5. The Morgan fingerprint density at radius 2 is 2.03 bits per heavy atom. The first-order valence-electron chi connectivity index (χ1n) is 10.8. The van der Waals surface area contributed by atoms with Crippen molar-refractivity contribution < 1.29 is 4.52 Å². The van der Waals surface area contributed by atoms with Crippen LogP contribution in [0.4, 0.5) is 0 Å². The van der Waals surface area contributed by atoms with E-state index in [1.54, 1.807) is 6.26 Å². The van der Waals surface area contributed by atoms with E-state index in [0.717, 1.165) is 82.6 Å². The van der Waals surface area contributed by atoms with Crippen molar-refractivity contribution >= 4 is 5.96 Å². The van der Waals surface area contributed by atoms with E-state index < -0.39 is 0 Å². The monoisotopic (exact) mass is 400 g/mol. The fraction of sp³-hybridized carbons (Fsp3) is 0.700. The molecule has 0 bridgehead atoms. The highest BCUT2D eigenvalue weighted by atomic mass is 16.5. The van der Waals surface area contributed by atoms with Crippen LogP contribution in [0, 0.1) is 0 Å². The smallest absolute Gasteiger partial charge is 0.193 e. The van der Waals surface area contributed by atoms with E-state index in [-0.39, 0.29) is 0 Å². The Kier molecular flexibility index (Phi) is 6.76. The highest BCUT2D eigenvalue weighted by Gasteiger charge is 2.20. The molecular weight excluding hydrogens is 368 g/mol. The molecule has 9 nitrogen and oxygen atoms in total. The Morgan fingerprint density at radius 1 is 1.14 bits per heavy atom. The minimum Gasteiger partial charge on any atom is -0.364 e. The van der Waals surface area contributed by atoms with Crippen molar-refractivity contribution in [2.75, 3.05) is 39.8 Å². The van der Waals surface area contributed by atoms with Gasteiger partial charge in [0, 0.05) is 71.8 Å². The van der Waals surface area contributed by atoms with E-state index in [2.05, 4.69) is 40.0 Å². The van der Waals surface area contributed by atoms with Gasteiger partial charge in [-0.1, -0.05) is 11.6 Å². The summed E-state index contributed by atoms with van der Waals surface area (Å²) < 4.78 is 7.27. The van der Waals surface area contributed by atoms with Gasteiger partial charge >= 0.3 is 0 Å². The summed E-state index contributed by atoms with van der Waals surface area (Å²) in [4.78, 5) is 9.22. The number of nitrogens with one attached hydrogen (secondary N) is 1. The van der Waals surface area contributed by atoms with Gasteiger partial charge in [0.2, 0.25) is 0 Å². The second-order valence-electron chi connectivity index (χ2n) is 7.83. The van der Waals surface area contributed by atoms with Gasteiger partial charge in [-0.05, 0) is 19.3 Å². The van der Waals surface area contributed by atoms with Gasteiger partial charge < -0.3 is 19.3 Å². The summed E-state index contributed by atoms with van der Waals surface area (Å²) in [7, 11) is 1.86. The number of aryl methyl sites for hydroxylation is 2. The van der Waals surface area contributed by atoms with Crippen LogP contribution in [-0.4, -0.2) is 75.5 Å². The molecule has 0 saturated carbocycles. The van der Waals surface area contributed by atoms with Crippen LogP contribution < -0.4 is 5.32 Å². The highest BCUT2D eigenvalue weighted by Crippen LogP contribution is 2.15. The lowest BCUT2D eigenvalue weighted by Crippen LogP contribution is -2.52. The number of fused-ring (bicyclic) bond motifs is 1. The first-order valence-corrected chi connectivity index (χ1v) is 10.8. The lowest BCUT2D eigenvalue weighted by Gasteiger charge is -2.36. The van der Waals surface area contributed by atoms with Gasteiger partial charge in [0.1, 0.15) is 17.9 Å². The topological polar surface area (TPSA) is 87.6 Å². The Morgan fingerprint density at radius 3 is 2.83 bits per heavy atom. The number of piperazine rings is 1. The molecule has 0 aliphatic carbocycles. The maximum absolute atomic E-state index is 4.93. The predicted octanol–water partition coefficient (Wildman–Crippen LogP) is 1.32. The summed E-state index contributed by atoms with van der Waals surface area (Å²) in [5.41, 5.74) is 0.993. The zero-order valence-electron chi connectivity index (χ0n) is 17.4. The van der Waals surface area contributed by atoms with Crippen LogP contribution in [0.1, 0.15) is 43.0 Å². The number of aliphatic imine (C=N–C) groups is 1. The van der Waals surface area contributed by atoms with Gasteiger partial charge in [-0.15, -0.1) is 10.2 Å². The van der Waals surface area contributed by atoms with E-state index in [9.17, 15) is 0 Å². The molecule has 0 radical (unpaired) electrons. The van der Waals surface area contributed by atoms with Gasteiger partial charge in [0.15, 0.2) is 5.96 Å². The Bertz CT molecular complexity index is 777. The molecule has 2 aromatic rings. The average molecular weight is 401 g/mol. The number of nitrogens with zero attached hydrogens (tertiary/aromatic N) is 7.